The first kappa shape index (κ1) is 23.8. The van der Waals surface area contributed by atoms with Gasteiger partial charge in [0.1, 0.15) is 0 Å². The van der Waals surface area contributed by atoms with Crippen molar-refractivity contribution in [2.75, 3.05) is 24.8 Å². The quantitative estimate of drug-likeness (QED) is 0.539. The van der Waals surface area contributed by atoms with Crippen LogP contribution in [0.5, 0.6) is 0 Å². The van der Waals surface area contributed by atoms with Crippen LogP contribution in [-0.4, -0.2) is 44.3 Å². The van der Waals surface area contributed by atoms with E-state index in [2.05, 4.69) is 10.3 Å². The first-order chi connectivity index (χ1) is 15.2. The molecule has 32 heavy (non-hydrogen) atoms. The summed E-state index contributed by atoms with van der Waals surface area (Å²) in [5.41, 5.74) is 2.25. The molecule has 0 aliphatic carbocycles. The van der Waals surface area contributed by atoms with Crippen LogP contribution in [0.1, 0.15) is 19.4 Å². The van der Waals surface area contributed by atoms with E-state index in [-0.39, 0.29) is 28.9 Å². The Morgan fingerprint density at radius 2 is 1.88 bits per heavy atom. The number of thiazole rings is 1. The Balaban J connectivity index is 1.91. The second-order valence-electron chi connectivity index (χ2n) is 7.12. The highest BCUT2D eigenvalue weighted by Crippen LogP contribution is 2.22. The van der Waals surface area contributed by atoms with E-state index >= 15 is 0 Å². The highest BCUT2D eigenvalue weighted by atomic mass is 32.2. The van der Waals surface area contributed by atoms with E-state index < -0.39 is 9.84 Å². The van der Waals surface area contributed by atoms with Crippen molar-refractivity contribution in [3.8, 4) is 0 Å². The number of rotatable bonds is 8. The number of nitrogens with one attached hydrogen (secondary N) is 1. The zero-order valence-electron chi connectivity index (χ0n) is 18.1. The maximum Gasteiger partial charge on any atom is 0.252 e. The standard InChI is InChI=1S/C22H25N3O5S2/c1-4-32(28,29)18-8-5-16(6-9-18)13-21(27)24-22-25(11-12-30-3)19-10-7-17(23-15(2)26)14-20(19)31-22/h5-10,14H,4,11-13H2,1-3H3,(H,23,26). The molecule has 3 aromatic rings. The molecule has 1 N–H and O–H groups in total. The van der Waals surface area contributed by atoms with Crippen molar-refractivity contribution in [1.29, 1.82) is 0 Å². The Morgan fingerprint density at radius 1 is 1.16 bits per heavy atom. The molecule has 0 saturated heterocycles. The lowest BCUT2D eigenvalue weighted by Crippen LogP contribution is -2.19. The Morgan fingerprint density at radius 3 is 2.50 bits per heavy atom. The van der Waals surface area contributed by atoms with Gasteiger partial charge in [0.15, 0.2) is 14.6 Å². The molecule has 0 bridgehead atoms. The normalized spacial score (nSPS) is 12.3. The Bertz CT molecular complexity index is 1310. The van der Waals surface area contributed by atoms with E-state index in [9.17, 15) is 18.0 Å². The van der Waals surface area contributed by atoms with Crippen LogP contribution < -0.4 is 10.1 Å². The van der Waals surface area contributed by atoms with Crippen molar-refractivity contribution in [1.82, 2.24) is 4.57 Å². The lowest BCUT2D eigenvalue weighted by Gasteiger charge is -2.06. The number of nitrogens with zero attached hydrogens (tertiary/aromatic N) is 2. The van der Waals surface area contributed by atoms with Gasteiger partial charge in [-0.1, -0.05) is 30.4 Å². The van der Waals surface area contributed by atoms with Crippen LogP contribution in [0.4, 0.5) is 5.69 Å². The van der Waals surface area contributed by atoms with Crippen LogP contribution in [-0.2, 0) is 37.1 Å². The maximum absolute atomic E-state index is 12.7. The number of aromatic nitrogens is 1. The third-order valence-corrected chi connectivity index (χ3v) is 7.55. The Hall–Kier alpha value is -2.82. The van der Waals surface area contributed by atoms with Gasteiger partial charge in [0, 0.05) is 26.3 Å². The van der Waals surface area contributed by atoms with Crippen molar-refractivity contribution in [3.05, 3.63) is 52.8 Å². The number of anilines is 1. The zero-order chi connectivity index (χ0) is 23.3. The molecular formula is C22H25N3O5S2. The van der Waals surface area contributed by atoms with E-state index in [0.717, 1.165) is 10.2 Å². The summed E-state index contributed by atoms with van der Waals surface area (Å²) in [4.78, 5) is 29.1. The summed E-state index contributed by atoms with van der Waals surface area (Å²) in [6, 6.07) is 11.8. The number of ether oxygens (including phenoxy) is 1. The number of sulfone groups is 1. The van der Waals surface area contributed by atoms with Gasteiger partial charge in [0.2, 0.25) is 5.91 Å². The lowest BCUT2D eigenvalue weighted by molar-refractivity contribution is -0.117. The lowest BCUT2D eigenvalue weighted by atomic mass is 10.1. The van der Waals surface area contributed by atoms with Gasteiger partial charge >= 0.3 is 0 Å². The molecule has 0 saturated carbocycles. The predicted octanol–water partition coefficient (Wildman–Crippen LogP) is 2.77. The number of hydrogen-bond donors (Lipinski definition) is 1. The van der Waals surface area contributed by atoms with Crippen LogP contribution in [0.2, 0.25) is 0 Å². The molecule has 2 amide bonds. The Labute approximate surface area is 190 Å². The van der Waals surface area contributed by atoms with Crippen LogP contribution >= 0.6 is 11.3 Å². The van der Waals surface area contributed by atoms with Crippen molar-refractivity contribution in [2.45, 2.75) is 31.7 Å². The van der Waals surface area contributed by atoms with Crippen molar-refractivity contribution in [2.24, 2.45) is 4.99 Å². The molecular weight excluding hydrogens is 450 g/mol. The van der Waals surface area contributed by atoms with Gasteiger partial charge in [0.25, 0.3) is 5.91 Å². The summed E-state index contributed by atoms with van der Waals surface area (Å²) in [6.45, 7) is 4.01. The summed E-state index contributed by atoms with van der Waals surface area (Å²) >= 11 is 1.35. The van der Waals surface area contributed by atoms with Crippen LogP contribution in [0.3, 0.4) is 0 Å². The summed E-state index contributed by atoms with van der Waals surface area (Å²) in [5, 5.41) is 2.75. The highest BCUT2D eigenvalue weighted by Gasteiger charge is 2.13. The number of fused-ring (bicyclic) bond motifs is 1. The fourth-order valence-corrected chi connectivity index (χ4v) is 5.14. The van der Waals surface area contributed by atoms with Crippen LogP contribution in [0.15, 0.2) is 52.4 Å². The average Bonchev–Trinajstić information content (AvgIpc) is 3.08. The van der Waals surface area contributed by atoms with Gasteiger partial charge in [-0.2, -0.15) is 4.99 Å². The molecule has 2 aromatic carbocycles. The van der Waals surface area contributed by atoms with E-state index in [1.165, 1.54) is 30.4 Å². The first-order valence-corrected chi connectivity index (χ1v) is 12.5. The van der Waals surface area contributed by atoms with Crippen molar-refractivity contribution < 1.29 is 22.7 Å². The van der Waals surface area contributed by atoms with Crippen molar-refractivity contribution in [3.63, 3.8) is 0 Å². The molecule has 1 heterocycles. The molecule has 0 fully saturated rings. The summed E-state index contributed by atoms with van der Waals surface area (Å²) in [6.07, 6.45) is 0.0577. The second kappa shape index (κ2) is 10.2. The highest BCUT2D eigenvalue weighted by molar-refractivity contribution is 7.91. The van der Waals surface area contributed by atoms with E-state index in [4.69, 9.17) is 4.74 Å². The number of benzene rings is 2. The number of carbonyl (C=O) groups is 2. The Kier molecular flexibility index (Phi) is 7.60. The summed E-state index contributed by atoms with van der Waals surface area (Å²) < 4.78 is 31.9. The number of hydrogen-bond acceptors (Lipinski definition) is 6. The van der Waals surface area contributed by atoms with E-state index in [0.29, 0.717) is 29.2 Å². The van der Waals surface area contributed by atoms with Crippen molar-refractivity contribution >= 4 is 48.9 Å². The molecule has 0 unspecified atom stereocenters. The minimum absolute atomic E-state index is 0.0255. The van der Waals surface area contributed by atoms with Gasteiger partial charge in [-0.3, -0.25) is 9.59 Å². The van der Waals surface area contributed by atoms with E-state index in [1.807, 2.05) is 16.7 Å². The number of carbonyl (C=O) groups excluding carboxylic acids is 2. The van der Waals surface area contributed by atoms with Gasteiger partial charge in [0.05, 0.1) is 33.9 Å². The minimum atomic E-state index is -3.28. The third kappa shape index (κ3) is 5.70. The smallest absolute Gasteiger partial charge is 0.252 e. The predicted molar refractivity (Wildman–Crippen MR) is 124 cm³/mol. The maximum atomic E-state index is 12.7. The monoisotopic (exact) mass is 475 g/mol. The first-order valence-electron chi connectivity index (χ1n) is 10.0. The van der Waals surface area contributed by atoms with Gasteiger partial charge < -0.3 is 14.6 Å². The zero-order valence-corrected chi connectivity index (χ0v) is 19.8. The molecule has 1 aromatic heterocycles. The second-order valence-corrected chi connectivity index (χ2v) is 10.4. The number of amides is 2. The minimum Gasteiger partial charge on any atom is -0.383 e. The van der Waals surface area contributed by atoms with E-state index in [1.54, 1.807) is 32.2 Å². The fourth-order valence-electron chi connectivity index (χ4n) is 3.14. The number of methoxy groups -OCH3 is 1. The summed E-state index contributed by atoms with van der Waals surface area (Å²) in [7, 11) is -1.68. The molecule has 170 valence electrons. The molecule has 0 aliphatic rings. The van der Waals surface area contributed by atoms with Gasteiger partial charge in [-0.25, -0.2) is 8.42 Å². The molecule has 0 spiro atoms. The van der Waals surface area contributed by atoms with Crippen LogP contribution in [0.25, 0.3) is 10.2 Å². The van der Waals surface area contributed by atoms with Gasteiger partial charge in [-0.15, -0.1) is 0 Å². The third-order valence-electron chi connectivity index (χ3n) is 4.76. The SMILES string of the molecule is CCS(=O)(=O)c1ccc(CC(=O)N=c2sc3cc(NC(C)=O)ccc3n2CCOC)cc1. The molecule has 8 nitrogen and oxygen atoms in total. The topological polar surface area (TPSA) is 107 Å². The molecule has 10 heteroatoms. The molecule has 0 aliphatic heterocycles. The molecule has 0 radical (unpaired) electrons. The fraction of sp³-hybridized carbons (Fsp3) is 0.318. The molecule has 0 atom stereocenters. The average molecular weight is 476 g/mol. The molecule has 3 rings (SSSR count). The van der Waals surface area contributed by atoms with Gasteiger partial charge in [-0.05, 0) is 35.9 Å². The van der Waals surface area contributed by atoms with Crippen LogP contribution in [0, 0.1) is 0 Å². The largest absolute Gasteiger partial charge is 0.383 e. The summed E-state index contributed by atoms with van der Waals surface area (Å²) in [5.74, 6) is -0.473.